The van der Waals surface area contributed by atoms with Crippen LogP contribution in [0, 0.1) is 5.82 Å². The van der Waals surface area contributed by atoms with Gasteiger partial charge in [0.05, 0.1) is 7.11 Å². The molecule has 0 bridgehead atoms. The molecule has 0 heterocycles. The number of methoxy groups -OCH3 is 1. The molecule has 0 saturated carbocycles. The van der Waals surface area contributed by atoms with Gasteiger partial charge in [-0.3, -0.25) is 0 Å². The van der Waals surface area contributed by atoms with E-state index in [1.807, 2.05) is 0 Å². The fourth-order valence-corrected chi connectivity index (χ4v) is 2.18. The lowest BCUT2D eigenvalue weighted by atomic mass is 10.3. The van der Waals surface area contributed by atoms with Gasteiger partial charge in [0.1, 0.15) is 21.5 Å². The predicted octanol–water partition coefficient (Wildman–Crippen LogP) is 1.14. The lowest BCUT2D eigenvalue weighted by Gasteiger charge is -2.07. The van der Waals surface area contributed by atoms with E-state index in [4.69, 9.17) is 21.5 Å². The van der Waals surface area contributed by atoms with Gasteiger partial charge in [-0.2, -0.15) is 0 Å². The van der Waals surface area contributed by atoms with E-state index in [9.17, 15) is 12.8 Å². The molecule has 0 saturated heterocycles. The average Bonchev–Trinajstić information content (AvgIpc) is 2.02. The molecule has 14 heavy (non-hydrogen) atoms. The van der Waals surface area contributed by atoms with Crippen molar-refractivity contribution in [3.05, 3.63) is 23.0 Å². The highest BCUT2D eigenvalue weighted by atomic mass is 35.5. The predicted molar refractivity (Wildman–Crippen MR) is 49.3 cm³/mol. The minimum Gasteiger partial charge on any atom is -0.495 e. The van der Waals surface area contributed by atoms with Crippen molar-refractivity contribution in [3.8, 4) is 5.75 Å². The van der Waals surface area contributed by atoms with Crippen LogP contribution in [0.5, 0.6) is 5.75 Å². The quantitative estimate of drug-likeness (QED) is 0.841. The highest BCUT2D eigenvalue weighted by molar-refractivity contribution is 7.89. The second kappa shape index (κ2) is 3.72. The van der Waals surface area contributed by atoms with E-state index in [1.54, 1.807) is 0 Å². The summed E-state index contributed by atoms with van der Waals surface area (Å²) in [5.41, 5.74) is 0. The number of rotatable bonds is 2. The van der Waals surface area contributed by atoms with Gasteiger partial charge in [0, 0.05) is 0 Å². The SMILES string of the molecule is COc1ccc(F)c(S(N)(=O)=O)c1Cl. The van der Waals surface area contributed by atoms with Gasteiger partial charge in [0.2, 0.25) is 10.0 Å². The Labute approximate surface area is 85.5 Å². The van der Waals surface area contributed by atoms with Crippen molar-refractivity contribution in [1.29, 1.82) is 0 Å². The van der Waals surface area contributed by atoms with E-state index >= 15 is 0 Å². The smallest absolute Gasteiger partial charge is 0.242 e. The molecule has 7 heteroatoms. The van der Waals surface area contributed by atoms with E-state index in [2.05, 4.69) is 0 Å². The summed E-state index contributed by atoms with van der Waals surface area (Å²) in [4.78, 5) is -0.751. The third kappa shape index (κ3) is 1.97. The first-order valence-corrected chi connectivity index (χ1v) is 5.35. The van der Waals surface area contributed by atoms with Crippen molar-refractivity contribution in [2.75, 3.05) is 7.11 Å². The van der Waals surface area contributed by atoms with Gasteiger partial charge in [-0.05, 0) is 12.1 Å². The maximum Gasteiger partial charge on any atom is 0.242 e. The Morgan fingerprint density at radius 3 is 2.50 bits per heavy atom. The van der Waals surface area contributed by atoms with Crippen LogP contribution in [0.1, 0.15) is 0 Å². The van der Waals surface area contributed by atoms with E-state index in [-0.39, 0.29) is 10.8 Å². The van der Waals surface area contributed by atoms with Crippen molar-refractivity contribution >= 4 is 21.6 Å². The van der Waals surface area contributed by atoms with Gasteiger partial charge in [0.25, 0.3) is 0 Å². The molecule has 0 aliphatic rings. The molecule has 0 aliphatic heterocycles. The van der Waals surface area contributed by atoms with E-state index in [0.717, 1.165) is 6.07 Å². The minimum atomic E-state index is -4.18. The van der Waals surface area contributed by atoms with E-state index in [1.165, 1.54) is 13.2 Å². The molecule has 0 fully saturated rings. The number of benzene rings is 1. The first-order valence-electron chi connectivity index (χ1n) is 3.42. The molecule has 1 aromatic carbocycles. The minimum absolute atomic E-state index is 0.0529. The number of hydrogen-bond acceptors (Lipinski definition) is 3. The summed E-state index contributed by atoms with van der Waals surface area (Å²) in [5.74, 6) is -0.949. The van der Waals surface area contributed by atoms with Crippen LogP contribution in [-0.4, -0.2) is 15.5 Å². The van der Waals surface area contributed by atoms with E-state index < -0.39 is 20.7 Å². The van der Waals surface area contributed by atoms with Crippen LogP contribution < -0.4 is 9.88 Å². The van der Waals surface area contributed by atoms with Crippen LogP contribution in [-0.2, 0) is 10.0 Å². The number of primary sulfonamides is 1. The largest absolute Gasteiger partial charge is 0.495 e. The molecular formula is C7H7ClFNO3S. The first-order chi connectivity index (χ1) is 6.38. The zero-order chi connectivity index (χ0) is 10.9. The lowest BCUT2D eigenvalue weighted by molar-refractivity contribution is 0.411. The van der Waals surface area contributed by atoms with Gasteiger partial charge in [0.15, 0.2) is 0 Å². The number of ether oxygens (including phenoxy) is 1. The zero-order valence-electron chi connectivity index (χ0n) is 7.12. The molecule has 4 nitrogen and oxygen atoms in total. The van der Waals surface area contributed by atoms with Gasteiger partial charge in [-0.25, -0.2) is 17.9 Å². The van der Waals surface area contributed by atoms with Crippen LogP contribution in [0.4, 0.5) is 4.39 Å². The van der Waals surface area contributed by atoms with E-state index in [0.29, 0.717) is 0 Å². The molecule has 2 N–H and O–H groups in total. The molecule has 78 valence electrons. The molecule has 0 amide bonds. The van der Waals surface area contributed by atoms with Crippen LogP contribution in [0.2, 0.25) is 5.02 Å². The van der Waals surface area contributed by atoms with Gasteiger partial charge in [-0.1, -0.05) is 11.6 Å². The van der Waals surface area contributed by atoms with Gasteiger partial charge >= 0.3 is 0 Å². The summed E-state index contributed by atoms with van der Waals surface area (Å²) in [5, 5.41) is 4.42. The van der Waals surface area contributed by atoms with Crippen molar-refractivity contribution < 1.29 is 17.5 Å². The second-order valence-electron chi connectivity index (χ2n) is 2.44. The zero-order valence-corrected chi connectivity index (χ0v) is 8.69. The second-order valence-corrected chi connectivity index (χ2v) is 4.31. The molecule has 0 aromatic heterocycles. The summed E-state index contributed by atoms with van der Waals surface area (Å²) in [6.45, 7) is 0. The highest BCUT2D eigenvalue weighted by Crippen LogP contribution is 2.32. The highest BCUT2D eigenvalue weighted by Gasteiger charge is 2.21. The number of halogens is 2. The molecule has 0 spiro atoms. The Morgan fingerprint density at radius 2 is 2.07 bits per heavy atom. The van der Waals surface area contributed by atoms with Crippen molar-refractivity contribution in [2.45, 2.75) is 4.90 Å². The Morgan fingerprint density at radius 1 is 1.50 bits per heavy atom. The summed E-state index contributed by atoms with van der Waals surface area (Å²) in [6.07, 6.45) is 0. The number of nitrogens with two attached hydrogens (primary N) is 1. The normalized spacial score (nSPS) is 11.4. The van der Waals surface area contributed by atoms with Gasteiger partial charge in [-0.15, -0.1) is 0 Å². The molecule has 0 radical (unpaired) electrons. The first kappa shape index (κ1) is 11.2. The van der Waals surface area contributed by atoms with Gasteiger partial charge < -0.3 is 4.74 Å². The molecule has 0 unspecified atom stereocenters. The van der Waals surface area contributed by atoms with Crippen LogP contribution in [0.15, 0.2) is 17.0 Å². The standard InChI is InChI=1S/C7H7ClFNO3S/c1-13-5-3-2-4(9)7(6(5)8)14(10,11)12/h2-3H,1H3,(H2,10,11,12). The van der Waals surface area contributed by atoms with Crippen molar-refractivity contribution in [2.24, 2.45) is 5.14 Å². The summed E-state index contributed by atoms with van der Waals surface area (Å²) < 4.78 is 39.7. The maximum atomic E-state index is 13.1. The molecular weight excluding hydrogens is 233 g/mol. The molecule has 1 rings (SSSR count). The maximum absolute atomic E-state index is 13.1. The number of sulfonamides is 1. The summed E-state index contributed by atoms with van der Waals surface area (Å²) >= 11 is 5.57. The van der Waals surface area contributed by atoms with Crippen molar-refractivity contribution in [3.63, 3.8) is 0 Å². The fraction of sp³-hybridized carbons (Fsp3) is 0.143. The van der Waals surface area contributed by atoms with Crippen LogP contribution >= 0.6 is 11.6 Å². The summed E-state index contributed by atoms with van der Waals surface area (Å²) in [7, 11) is -2.90. The topological polar surface area (TPSA) is 69.4 Å². The Balaban J connectivity index is 3.57. The Kier molecular flexibility index (Phi) is 2.98. The monoisotopic (exact) mass is 239 g/mol. The Hall–Kier alpha value is -0.850. The van der Waals surface area contributed by atoms with Crippen molar-refractivity contribution in [1.82, 2.24) is 0 Å². The van der Waals surface area contributed by atoms with Crippen LogP contribution in [0.3, 0.4) is 0 Å². The summed E-state index contributed by atoms with van der Waals surface area (Å²) in [6, 6.07) is 2.14. The number of hydrogen-bond donors (Lipinski definition) is 1. The average molecular weight is 240 g/mol. The Bertz CT molecular complexity index is 460. The molecule has 1 aromatic rings. The fourth-order valence-electron chi connectivity index (χ4n) is 0.933. The molecule has 0 atom stereocenters. The molecule has 0 aliphatic carbocycles. The lowest BCUT2D eigenvalue weighted by Crippen LogP contribution is -2.15. The third-order valence-corrected chi connectivity index (χ3v) is 2.97. The third-order valence-electron chi connectivity index (χ3n) is 1.52. The van der Waals surface area contributed by atoms with Crippen LogP contribution in [0.25, 0.3) is 0 Å².